The van der Waals surface area contributed by atoms with E-state index in [4.69, 9.17) is 24.3 Å². The molecular weight excluding hydrogens is 1050 g/mol. The number of aliphatic imine (C=N–C) groups is 2. The molecule has 0 radical (unpaired) electrons. The summed E-state index contributed by atoms with van der Waals surface area (Å²) in [6.45, 7) is 11.1. The van der Waals surface area contributed by atoms with E-state index in [2.05, 4.69) is 222 Å². The topological polar surface area (TPSA) is 81.2 Å². The van der Waals surface area contributed by atoms with Crippen molar-refractivity contribution in [1.82, 2.24) is 8.96 Å². The molecule has 0 saturated carbocycles. The third kappa shape index (κ3) is 8.49. The van der Waals surface area contributed by atoms with Gasteiger partial charge in [0.1, 0.15) is 21.7 Å². The van der Waals surface area contributed by atoms with Crippen LogP contribution >= 0.6 is 23.5 Å². The number of thioether (sulfide) groups is 2. The standard InChI is InChI=1S/C71H46B2N6O2S2/c1-45-21-15-16-34-53(45)67-65-64(69(79(67)73(51-30-11-5-12-31-51)52-32-13-6-14-33-52)66(75-2)71-77-56-36-18-23-48-25-20-38-61(83-71)63(48)56)57(41-46-39-40-58-59(42-46)81-44-80-58)78(72(49-26-7-3-8-27-49)50-28-9-4-10-29-50)68(65)54(43-74)70-76-55-35-17-22-47-24-19-37-60(82-70)62(47)55/h3-40,42H,41,44H2,1H3/b68-54-,69-66+. The minimum Gasteiger partial charge on any atom is -0.454 e. The summed E-state index contributed by atoms with van der Waals surface area (Å²) in [6, 6.07) is 85.0. The summed E-state index contributed by atoms with van der Waals surface area (Å²) in [6.07, 6.45) is 0.350. The third-order valence-corrected chi connectivity index (χ3v) is 18.2. The van der Waals surface area contributed by atoms with Crippen molar-refractivity contribution < 1.29 is 9.47 Å². The predicted molar refractivity (Wildman–Crippen MR) is 344 cm³/mol. The SMILES string of the molecule is [C-]#[N+]/C(C1=Nc2cccc3cccc(c23)S1)=c1\c2c(Cc3ccc4c(c3)OCO4)n(B(c3ccccc3)c3ccccc3)/c(=C(/C#N)C3=Nc4cccc5cccc(c45)S3)c2c(-c2ccccc2C)n1B(c1ccccc1)c1ccccc1. The van der Waals surface area contributed by atoms with E-state index < -0.39 is 13.7 Å². The zero-order chi connectivity index (χ0) is 55.5. The van der Waals surface area contributed by atoms with Crippen LogP contribution in [0.2, 0.25) is 0 Å². The fourth-order valence-electron chi connectivity index (χ4n) is 12.6. The summed E-state index contributed by atoms with van der Waals surface area (Å²) in [5.74, 6) is 1.34. The van der Waals surface area contributed by atoms with Gasteiger partial charge in [-0.1, -0.05) is 246 Å². The number of hydrogen-bond acceptors (Lipinski definition) is 7. The maximum Gasteiger partial charge on any atom is 0.327 e. The summed E-state index contributed by atoms with van der Waals surface area (Å²) in [4.78, 5) is 17.9. The number of hydrogen-bond donors (Lipinski definition) is 0. The van der Waals surface area contributed by atoms with Crippen molar-refractivity contribution in [2.24, 2.45) is 9.98 Å². The number of aromatic nitrogens is 2. The molecule has 12 heteroatoms. The highest BCUT2D eigenvalue weighted by Gasteiger charge is 2.38. The van der Waals surface area contributed by atoms with Crippen LogP contribution in [0.1, 0.15) is 16.8 Å². The van der Waals surface area contributed by atoms with Crippen molar-refractivity contribution in [2.75, 3.05) is 6.79 Å². The normalized spacial score (nSPS) is 13.7. The molecule has 0 atom stereocenters. The van der Waals surface area contributed by atoms with Crippen LogP contribution in [0, 0.1) is 24.8 Å². The summed E-state index contributed by atoms with van der Waals surface area (Å²) in [7, 11) is 0. The van der Waals surface area contributed by atoms with E-state index >= 15 is 0 Å². The summed E-state index contributed by atoms with van der Waals surface area (Å²) < 4.78 is 16.9. The monoisotopic (exact) mass is 1100 g/mol. The second kappa shape index (κ2) is 20.8. The maximum absolute atomic E-state index is 12.6. The number of aryl methyl sites for hydroxylation is 1. The fourth-order valence-corrected chi connectivity index (χ4v) is 14.7. The second-order valence-electron chi connectivity index (χ2n) is 20.9. The van der Waals surface area contributed by atoms with Crippen LogP contribution in [-0.4, -0.2) is 39.5 Å². The van der Waals surface area contributed by atoms with E-state index in [9.17, 15) is 11.8 Å². The van der Waals surface area contributed by atoms with E-state index in [0.717, 1.165) is 103 Å². The van der Waals surface area contributed by atoms with Crippen molar-refractivity contribution in [2.45, 2.75) is 23.1 Å². The zero-order valence-corrected chi connectivity index (χ0v) is 46.5. The Morgan fingerprint density at radius 1 is 0.542 bits per heavy atom. The second-order valence-corrected chi connectivity index (χ2v) is 22.9. The van der Waals surface area contributed by atoms with Gasteiger partial charge in [0, 0.05) is 60.1 Å². The smallest absolute Gasteiger partial charge is 0.327 e. The number of nitrogens with zero attached hydrogens (tertiary/aromatic N) is 6. The van der Waals surface area contributed by atoms with Gasteiger partial charge in [0.15, 0.2) is 11.5 Å². The lowest BCUT2D eigenvalue weighted by molar-refractivity contribution is 0.174. The molecule has 3 aliphatic heterocycles. The van der Waals surface area contributed by atoms with Gasteiger partial charge in [-0.25, -0.2) is 9.84 Å². The lowest BCUT2D eigenvalue weighted by Crippen LogP contribution is -2.55. The van der Waals surface area contributed by atoms with E-state index in [1.54, 1.807) is 0 Å². The molecular formula is C71H46B2N6O2S2. The molecule has 10 aromatic carbocycles. The molecule has 2 aromatic heterocycles. The molecule has 0 amide bonds. The van der Waals surface area contributed by atoms with Gasteiger partial charge in [0.25, 0.3) is 0 Å². The van der Waals surface area contributed by atoms with Crippen LogP contribution in [0.15, 0.2) is 256 Å². The molecule has 5 heterocycles. The maximum atomic E-state index is 12.6. The Kier molecular flexibility index (Phi) is 12.6. The number of rotatable bonds is 11. The van der Waals surface area contributed by atoms with Gasteiger partial charge in [-0.2, -0.15) is 5.26 Å². The Morgan fingerprint density at radius 2 is 1.05 bits per heavy atom. The van der Waals surface area contributed by atoms with Gasteiger partial charge in [-0.05, 0) is 65.2 Å². The van der Waals surface area contributed by atoms with Gasteiger partial charge < -0.3 is 18.4 Å². The zero-order valence-electron chi connectivity index (χ0n) is 44.9. The largest absolute Gasteiger partial charge is 0.454 e. The summed E-state index contributed by atoms with van der Waals surface area (Å²) in [5, 5.41) is 21.0. The van der Waals surface area contributed by atoms with E-state index in [-0.39, 0.29) is 6.79 Å². The molecule has 0 aliphatic carbocycles. The number of ether oxygens (including phenoxy) is 2. The van der Waals surface area contributed by atoms with E-state index in [1.165, 1.54) is 23.5 Å². The number of benzene rings is 10. The Balaban J connectivity index is 1.24. The van der Waals surface area contributed by atoms with Crippen LogP contribution in [0.25, 0.3) is 59.7 Å². The highest BCUT2D eigenvalue weighted by molar-refractivity contribution is 8.15. The molecule has 8 nitrogen and oxygen atoms in total. The first-order chi connectivity index (χ1) is 41.0. The van der Waals surface area contributed by atoms with Gasteiger partial charge in [0.05, 0.1) is 23.3 Å². The molecule has 0 N–H and O–H groups in total. The van der Waals surface area contributed by atoms with E-state index in [1.807, 2.05) is 36.4 Å². The van der Waals surface area contributed by atoms with Gasteiger partial charge >= 0.3 is 13.7 Å². The third-order valence-electron chi connectivity index (χ3n) is 16.1. The number of fused-ring (bicyclic) bond motifs is 2. The average Bonchev–Trinajstić information content (AvgIpc) is 2.86. The van der Waals surface area contributed by atoms with Gasteiger partial charge in [-0.15, -0.1) is 0 Å². The Labute approximate surface area is 489 Å². The molecule has 390 valence electrons. The Morgan fingerprint density at radius 3 is 1.60 bits per heavy atom. The molecule has 3 aliphatic rings. The number of nitriles is 1. The first-order valence-corrected chi connectivity index (χ1v) is 29.2. The minimum atomic E-state index is -0.510. The quantitative estimate of drug-likeness (QED) is 0.0952. The average molecular weight is 1100 g/mol. The van der Waals surface area contributed by atoms with Crippen molar-refractivity contribution in [3.05, 3.63) is 276 Å². The van der Waals surface area contributed by atoms with E-state index in [0.29, 0.717) is 50.0 Å². The van der Waals surface area contributed by atoms with Crippen molar-refractivity contribution in [3.8, 4) is 28.8 Å². The lowest BCUT2D eigenvalue weighted by atomic mass is 9.50. The van der Waals surface area contributed by atoms with Crippen LogP contribution in [0.5, 0.6) is 11.5 Å². The first-order valence-electron chi connectivity index (χ1n) is 27.6. The van der Waals surface area contributed by atoms with Crippen LogP contribution < -0.4 is 42.0 Å². The molecule has 0 spiro atoms. The Bertz CT molecular complexity index is 4700. The summed E-state index contributed by atoms with van der Waals surface area (Å²) >= 11 is 3.06. The summed E-state index contributed by atoms with van der Waals surface area (Å²) in [5.41, 5.74) is 11.1. The molecule has 0 bridgehead atoms. The van der Waals surface area contributed by atoms with Gasteiger partial charge in [-0.3, -0.25) is 4.99 Å². The van der Waals surface area contributed by atoms with Crippen molar-refractivity contribution in [1.29, 1.82) is 5.26 Å². The van der Waals surface area contributed by atoms with Crippen LogP contribution in [-0.2, 0) is 6.42 Å². The highest BCUT2D eigenvalue weighted by Crippen LogP contribution is 2.45. The fraction of sp³-hybridized carbons (Fsp3) is 0.0423. The first kappa shape index (κ1) is 50.0. The molecule has 0 fully saturated rings. The Hall–Kier alpha value is -9.97. The van der Waals surface area contributed by atoms with Crippen molar-refractivity contribution >= 4 is 124 Å². The highest BCUT2D eigenvalue weighted by atomic mass is 32.2. The van der Waals surface area contributed by atoms with Crippen LogP contribution in [0.3, 0.4) is 0 Å². The van der Waals surface area contributed by atoms with Crippen molar-refractivity contribution in [3.63, 3.8) is 0 Å². The molecule has 12 aromatic rings. The van der Waals surface area contributed by atoms with Crippen LogP contribution in [0.4, 0.5) is 11.4 Å². The minimum absolute atomic E-state index is 0.123. The molecule has 0 saturated heterocycles. The lowest BCUT2D eigenvalue weighted by Gasteiger charge is -2.25. The molecule has 15 rings (SSSR count). The van der Waals surface area contributed by atoms with Gasteiger partial charge in [0.2, 0.25) is 12.5 Å². The predicted octanol–water partition coefficient (Wildman–Crippen LogP) is 12.7. The molecule has 83 heavy (non-hydrogen) atoms. The molecule has 0 unspecified atom stereocenters.